The van der Waals surface area contributed by atoms with Gasteiger partial charge in [0.05, 0.1) is 5.02 Å². The normalized spacial score (nSPS) is 8.77. The molecule has 0 atom stereocenters. The number of rotatable bonds is 0. The summed E-state index contributed by atoms with van der Waals surface area (Å²) in [5.74, 6) is 4.11. The van der Waals surface area contributed by atoms with E-state index in [1.807, 2.05) is 0 Å². The van der Waals surface area contributed by atoms with Gasteiger partial charge in [0.2, 0.25) is 0 Å². The van der Waals surface area contributed by atoms with Crippen LogP contribution in [0, 0.1) is 11.8 Å². The smallest absolute Gasteiger partial charge is 0.293 e. The lowest BCUT2D eigenvalue weighted by atomic mass is 10.2. The van der Waals surface area contributed by atoms with Crippen LogP contribution >= 0.6 is 27.5 Å². The minimum absolute atomic E-state index is 0.489. The molecule has 0 aliphatic carbocycles. The van der Waals surface area contributed by atoms with Gasteiger partial charge < -0.3 is 5.73 Å². The minimum Gasteiger partial charge on any atom is -0.359 e. The molecule has 0 unspecified atom stereocenters. The fourth-order valence-electron chi connectivity index (χ4n) is 0.720. The van der Waals surface area contributed by atoms with Crippen LogP contribution in [0.4, 0.5) is 0 Å². The maximum atomic E-state index is 10.3. The summed E-state index contributed by atoms with van der Waals surface area (Å²) >= 11 is 9.08. The Balaban J connectivity index is 3.05. The van der Waals surface area contributed by atoms with Crippen molar-refractivity contribution in [3.05, 3.63) is 33.3 Å². The van der Waals surface area contributed by atoms with Gasteiger partial charge in [-0.15, -0.1) is 0 Å². The van der Waals surface area contributed by atoms with E-state index in [-0.39, 0.29) is 0 Å². The van der Waals surface area contributed by atoms with Gasteiger partial charge in [-0.25, -0.2) is 0 Å². The van der Waals surface area contributed by atoms with Crippen LogP contribution in [0.2, 0.25) is 5.02 Å². The first-order valence-electron chi connectivity index (χ1n) is 3.36. The van der Waals surface area contributed by atoms with E-state index in [2.05, 4.69) is 27.8 Å². The lowest BCUT2D eigenvalue weighted by molar-refractivity contribution is -0.112. The SMILES string of the molecule is NC(=O)C#Cc1ccc(Br)cc1Cl. The highest BCUT2D eigenvalue weighted by Crippen LogP contribution is 2.20. The third-order valence-corrected chi connectivity index (χ3v) is 2.06. The van der Waals surface area contributed by atoms with E-state index in [4.69, 9.17) is 17.3 Å². The van der Waals surface area contributed by atoms with Crippen LogP contribution in [0.25, 0.3) is 0 Å². The molecule has 13 heavy (non-hydrogen) atoms. The summed E-state index contributed by atoms with van der Waals surface area (Å²) in [6, 6.07) is 5.20. The Kier molecular flexibility index (Phi) is 3.35. The molecule has 0 saturated heterocycles. The van der Waals surface area contributed by atoms with E-state index in [1.54, 1.807) is 18.2 Å². The zero-order chi connectivity index (χ0) is 9.84. The number of halogens is 2. The largest absolute Gasteiger partial charge is 0.359 e. The minimum atomic E-state index is -0.668. The van der Waals surface area contributed by atoms with E-state index in [1.165, 1.54) is 0 Å². The number of carbonyl (C=O) groups is 1. The first-order chi connectivity index (χ1) is 6.09. The van der Waals surface area contributed by atoms with E-state index in [9.17, 15) is 4.79 Å². The molecule has 2 N–H and O–H groups in total. The zero-order valence-electron chi connectivity index (χ0n) is 6.47. The molecule has 1 rings (SSSR count). The van der Waals surface area contributed by atoms with Crippen molar-refractivity contribution < 1.29 is 4.79 Å². The highest BCUT2D eigenvalue weighted by Gasteiger charge is 1.96. The molecule has 0 radical (unpaired) electrons. The molecular weight excluding hydrogens is 253 g/mol. The molecule has 0 fully saturated rings. The number of nitrogens with two attached hydrogens (primary N) is 1. The molecule has 0 spiro atoms. The van der Waals surface area contributed by atoms with Crippen molar-refractivity contribution in [2.24, 2.45) is 5.73 Å². The number of benzene rings is 1. The molecular formula is C9H5BrClNO. The Labute approximate surface area is 89.2 Å². The molecule has 0 aliphatic rings. The van der Waals surface area contributed by atoms with Gasteiger partial charge in [0.15, 0.2) is 0 Å². The van der Waals surface area contributed by atoms with Crippen LogP contribution in [0.1, 0.15) is 5.56 Å². The maximum Gasteiger partial charge on any atom is 0.293 e. The molecule has 4 heteroatoms. The Morgan fingerprint density at radius 2 is 2.23 bits per heavy atom. The van der Waals surface area contributed by atoms with Crippen molar-refractivity contribution in [2.45, 2.75) is 0 Å². The summed E-state index contributed by atoms with van der Waals surface area (Å²) in [7, 11) is 0. The highest BCUT2D eigenvalue weighted by molar-refractivity contribution is 9.10. The monoisotopic (exact) mass is 257 g/mol. The number of hydrogen-bond acceptors (Lipinski definition) is 1. The average Bonchev–Trinajstić information content (AvgIpc) is 2.02. The summed E-state index contributed by atoms with van der Waals surface area (Å²) in [5, 5.41) is 0.489. The summed E-state index contributed by atoms with van der Waals surface area (Å²) in [5.41, 5.74) is 5.44. The van der Waals surface area contributed by atoms with Crippen LogP contribution in [0.3, 0.4) is 0 Å². The van der Waals surface area contributed by atoms with Gasteiger partial charge in [0, 0.05) is 16.0 Å². The van der Waals surface area contributed by atoms with Gasteiger partial charge >= 0.3 is 0 Å². The predicted molar refractivity (Wildman–Crippen MR) is 55.2 cm³/mol. The lowest BCUT2D eigenvalue weighted by Crippen LogP contribution is -2.06. The number of amides is 1. The van der Waals surface area contributed by atoms with Gasteiger partial charge in [-0.1, -0.05) is 33.5 Å². The summed E-state index contributed by atoms with van der Waals surface area (Å²) in [6.45, 7) is 0. The Hall–Kier alpha value is -0.980. The molecule has 66 valence electrons. The van der Waals surface area contributed by atoms with Crippen molar-refractivity contribution in [3.63, 3.8) is 0 Å². The van der Waals surface area contributed by atoms with Gasteiger partial charge in [0.1, 0.15) is 0 Å². The van der Waals surface area contributed by atoms with Crippen LogP contribution in [-0.4, -0.2) is 5.91 Å². The first kappa shape index (κ1) is 10.1. The number of primary amides is 1. The molecule has 1 aromatic rings. The van der Waals surface area contributed by atoms with E-state index < -0.39 is 5.91 Å². The number of carbonyl (C=O) groups excluding carboxylic acids is 1. The quantitative estimate of drug-likeness (QED) is 0.710. The van der Waals surface area contributed by atoms with E-state index in [0.29, 0.717) is 10.6 Å². The zero-order valence-corrected chi connectivity index (χ0v) is 8.82. The Bertz CT molecular complexity index is 406. The third kappa shape index (κ3) is 3.10. The van der Waals surface area contributed by atoms with Gasteiger partial charge in [0.25, 0.3) is 5.91 Å². The molecule has 0 saturated carbocycles. The van der Waals surface area contributed by atoms with Crippen molar-refractivity contribution in [3.8, 4) is 11.8 Å². The second kappa shape index (κ2) is 4.31. The third-order valence-electron chi connectivity index (χ3n) is 1.25. The van der Waals surface area contributed by atoms with Crippen molar-refractivity contribution in [2.75, 3.05) is 0 Å². The fraction of sp³-hybridized carbons (Fsp3) is 0. The Morgan fingerprint density at radius 1 is 1.54 bits per heavy atom. The Morgan fingerprint density at radius 3 is 2.77 bits per heavy atom. The van der Waals surface area contributed by atoms with Crippen LogP contribution in [0.15, 0.2) is 22.7 Å². The summed E-state index contributed by atoms with van der Waals surface area (Å²) < 4.78 is 0.863. The molecule has 0 aromatic heterocycles. The van der Waals surface area contributed by atoms with Gasteiger partial charge in [-0.05, 0) is 18.2 Å². The molecule has 1 aromatic carbocycles. The second-order valence-corrected chi connectivity index (χ2v) is 3.56. The number of hydrogen-bond donors (Lipinski definition) is 1. The molecule has 0 bridgehead atoms. The van der Waals surface area contributed by atoms with Gasteiger partial charge in [-0.3, -0.25) is 4.79 Å². The second-order valence-electron chi connectivity index (χ2n) is 2.24. The van der Waals surface area contributed by atoms with Crippen molar-refractivity contribution >= 4 is 33.4 Å². The standard InChI is InChI=1S/C9H5BrClNO/c10-7-3-1-6(8(11)5-7)2-4-9(12)13/h1,3,5H,(H2,12,13). The molecule has 1 amide bonds. The topological polar surface area (TPSA) is 43.1 Å². The van der Waals surface area contributed by atoms with Crippen molar-refractivity contribution in [1.82, 2.24) is 0 Å². The van der Waals surface area contributed by atoms with Crippen LogP contribution in [-0.2, 0) is 4.79 Å². The van der Waals surface area contributed by atoms with E-state index >= 15 is 0 Å². The first-order valence-corrected chi connectivity index (χ1v) is 4.53. The van der Waals surface area contributed by atoms with Gasteiger partial charge in [-0.2, -0.15) is 0 Å². The van der Waals surface area contributed by atoms with E-state index in [0.717, 1.165) is 4.47 Å². The molecule has 0 heterocycles. The summed E-state index contributed by atoms with van der Waals surface area (Å²) in [6.07, 6.45) is 0. The summed E-state index contributed by atoms with van der Waals surface area (Å²) in [4.78, 5) is 10.3. The average molecular weight is 259 g/mol. The predicted octanol–water partition coefficient (Wildman–Crippen LogP) is 1.94. The molecule has 0 aliphatic heterocycles. The maximum absolute atomic E-state index is 10.3. The van der Waals surface area contributed by atoms with Crippen LogP contribution in [0.5, 0.6) is 0 Å². The fourth-order valence-corrected chi connectivity index (χ4v) is 1.44. The highest BCUT2D eigenvalue weighted by atomic mass is 79.9. The van der Waals surface area contributed by atoms with Crippen molar-refractivity contribution in [1.29, 1.82) is 0 Å². The van der Waals surface area contributed by atoms with Crippen LogP contribution < -0.4 is 5.73 Å². The lowest BCUT2D eigenvalue weighted by Gasteiger charge is -1.95. The molecule has 2 nitrogen and oxygen atoms in total.